The van der Waals surface area contributed by atoms with Crippen LogP contribution in [-0.2, 0) is 24.6 Å². The summed E-state index contributed by atoms with van der Waals surface area (Å²) < 4.78 is 12.1. The summed E-state index contributed by atoms with van der Waals surface area (Å²) >= 11 is 6.54. The van der Waals surface area contributed by atoms with Gasteiger partial charge in [-0.1, -0.05) is 29.8 Å². The molecule has 8 nitrogen and oxygen atoms in total. The Bertz CT molecular complexity index is 1420. The highest BCUT2D eigenvalue weighted by Gasteiger charge is 2.28. The number of nitrogens with one attached hydrogen (secondary N) is 1. The van der Waals surface area contributed by atoms with Gasteiger partial charge in [-0.3, -0.25) is 4.68 Å². The van der Waals surface area contributed by atoms with Crippen molar-refractivity contribution >= 4 is 29.2 Å². The molecular formula is C25H22ClN5O3. The fourth-order valence-electron chi connectivity index (χ4n) is 4.24. The molecule has 0 saturated heterocycles. The largest absolute Gasteiger partial charge is 0.495 e. The van der Waals surface area contributed by atoms with Crippen LogP contribution in [-0.4, -0.2) is 39.9 Å². The number of aromatic nitrogens is 4. The number of carbonyl (C=O) groups excluding carboxylic acids is 1. The molecule has 0 unspecified atom stereocenters. The molecule has 0 saturated carbocycles. The van der Waals surface area contributed by atoms with Crippen LogP contribution in [0.1, 0.15) is 21.6 Å². The topological polar surface area (TPSA) is 91.2 Å². The number of halogens is 1. The van der Waals surface area contributed by atoms with E-state index in [1.165, 1.54) is 14.2 Å². The molecule has 34 heavy (non-hydrogen) atoms. The van der Waals surface area contributed by atoms with Gasteiger partial charge in [0.25, 0.3) is 0 Å². The van der Waals surface area contributed by atoms with Crippen molar-refractivity contribution in [1.29, 1.82) is 0 Å². The van der Waals surface area contributed by atoms with Crippen LogP contribution >= 0.6 is 11.6 Å². The number of nitrogens with zero attached hydrogens (tertiary/aromatic N) is 4. The van der Waals surface area contributed by atoms with Crippen molar-refractivity contribution in [2.24, 2.45) is 7.05 Å². The Morgan fingerprint density at radius 3 is 2.74 bits per heavy atom. The molecule has 0 spiro atoms. The van der Waals surface area contributed by atoms with Gasteiger partial charge in [0.2, 0.25) is 5.95 Å². The monoisotopic (exact) mass is 475 g/mol. The van der Waals surface area contributed by atoms with E-state index in [1.54, 1.807) is 18.2 Å². The highest BCUT2D eigenvalue weighted by Crippen LogP contribution is 2.41. The van der Waals surface area contributed by atoms with Gasteiger partial charge in [0.1, 0.15) is 5.75 Å². The third kappa shape index (κ3) is 3.76. The number of methoxy groups -OCH3 is 2. The van der Waals surface area contributed by atoms with Crippen molar-refractivity contribution in [2.75, 3.05) is 19.5 Å². The van der Waals surface area contributed by atoms with Gasteiger partial charge in [-0.2, -0.15) is 5.10 Å². The number of rotatable bonds is 5. The van der Waals surface area contributed by atoms with Gasteiger partial charge < -0.3 is 14.8 Å². The zero-order valence-electron chi connectivity index (χ0n) is 18.9. The number of carbonyl (C=O) groups is 1. The lowest BCUT2D eigenvalue weighted by atomic mass is 9.91. The zero-order chi connectivity index (χ0) is 23.8. The second-order valence-corrected chi connectivity index (χ2v) is 8.28. The molecule has 0 bridgehead atoms. The van der Waals surface area contributed by atoms with Gasteiger partial charge >= 0.3 is 5.97 Å². The average Bonchev–Trinajstić information content (AvgIpc) is 3.20. The predicted molar refractivity (Wildman–Crippen MR) is 130 cm³/mol. The van der Waals surface area contributed by atoms with Crippen molar-refractivity contribution in [3.8, 4) is 28.3 Å². The maximum atomic E-state index is 11.9. The molecule has 1 aliphatic carbocycles. The third-order valence-corrected chi connectivity index (χ3v) is 6.18. The maximum absolute atomic E-state index is 11.9. The Balaban J connectivity index is 1.57. The van der Waals surface area contributed by atoms with Gasteiger partial charge in [0.05, 0.1) is 42.6 Å². The highest BCUT2D eigenvalue weighted by molar-refractivity contribution is 6.33. The fraction of sp³-hybridized carbons (Fsp3) is 0.200. The molecule has 0 aliphatic heterocycles. The first-order valence-corrected chi connectivity index (χ1v) is 11.1. The number of fused-ring (bicyclic) bond motifs is 3. The van der Waals surface area contributed by atoms with Gasteiger partial charge in [-0.15, -0.1) is 0 Å². The predicted octanol–water partition coefficient (Wildman–Crippen LogP) is 4.83. The summed E-state index contributed by atoms with van der Waals surface area (Å²) in [5, 5.41) is 8.63. The molecule has 9 heteroatoms. The standard InChI is InChI=1S/C25H22ClN5O3/c1-31-23(16-6-4-5-7-17(16)26)21-19(30-31)11-9-15-13-27-25(29-22(15)21)28-18-10-8-14(24(32)34-3)12-20(18)33-2/h4-8,10,12-13H,9,11H2,1-3H3,(H,27,28,29). The Labute approximate surface area is 201 Å². The number of hydrogen-bond donors (Lipinski definition) is 1. The van der Waals surface area contributed by atoms with Gasteiger partial charge in [0.15, 0.2) is 0 Å². The van der Waals surface area contributed by atoms with Crippen LogP contribution in [0, 0.1) is 0 Å². The van der Waals surface area contributed by atoms with Crippen molar-refractivity contribution < 1.29 is 14.3 Å². The molecule has 0 fully saturated rings. The van der Waals surface area contributed by atoms with E-state index in [1.807, 2.05) is 42.2 Å². The number of benzene rings is 2. The maximum Gasteiger partial charge on any atom is 0.337 e. The Morgan fingerprint density at radius 1 is 1.15 bits per heavy atom. The van der Waals surface area contributed by atoms with Crippen molar-refractivity contribution in [3.05, 3.63) is 70.5 Å². The fourth-order valence-corrected chi connectivity index (χ4v) is 4.47. The van der Waals surface area contributed by atoms with E-state index in [0.29, 0.717) is 28.0 Å². The molecule has 2 heterocycles. The molecule has 0 radical (unpaired) electrons. The summed E-state index contributed by atoms with van der Waals surface area (Å²) in [5.74, 6) is 0.443. The Morgan fingerprint density at radius 2 is 1.97 bits per heavy atom. The normalized spacial score (nSPS) is 12.0. The first-order valence-electron chi connectivity index (χ1n) is 10.7. The van der Waals surface area contributed by atoms with E-state index in [0.717, 1.165) is 46.6 Å². The van der Waals surface area contributed by atoms with Crippen LogP contribution in [0.25, 0.3) is 22.5 Å². The molecular weight excluding hydrogens is 454 g/mol. The molecule has 5 rings (SSSR count). The molecule has 1 aliphatic rings. The van der Waals surface area contributed by atoms with E-state index in [2.05, 4.69) is 10.3 Å². The van der Waals surface area contributed by atoms with Gasteiger partial charge in [-0.25, -0.2) is 14.8 Å². The quantitative estimate of drug-likeness (QED) is 0.413. The minimum absolute atomic E-state index is 0.389. The van der Waals surface area contributed by atoms with Crippen LogP contribution in [0.15, 0.2) is 48.7 Å². The summed E-state index contributed by atoms with van der Waals surface area (Å²) in [4.78, 5) is 21.2. The SMILES string of the molecule is COC(=O)c1ccc(Nc2ncc3c(n2)-c2c(nn(C)c2-c2ccccc2Cl)CC3)c(OC)c1. The van der Waals surface area contributed by atoms with E-state index in [4.69, 9.17) is 31.2 Å². The first kappa shape index (κ1) is 21.9. The third-order valence-electron chi connectivity index (χ3n) is 5.85. The van der Waals surface area contributed by atoms with Crippen molar-refractivity contribution in [1.82, 2.24) is 19.7 Å². The van der Waals surface area contributed by atoms with E-state index in [-0.39, 0.29) is 0 Å². The zero-order valence-corrected chi connectivity index (χ0v) is 19.7. The number of ether oxygens (including phenoxy) is 2. The van der Waals surface area contributed by atoms with Crippen molar-refractivity contribution in [2.45, 2.75) is 12.8 Å². The summed E-state index contributed by atoms with van der Waals surface area (Å²) in [6, 6.07) is 12.7. The molecule has 172 valence electrons. The highest BCUT2D eigenvalue weighted by atomic mass is 35.5. The molecule has 0 amide bonds. The van der Waals surface area contributed by atoms with E-state index >= 15 is 0 Å². The van der Waals surface area contributed by atoms with Crippen LogP contribution in [0.2, 0.25) is 5.02 Å². The molecule has 0 atom stereocenters. The molecule has 4 aromatic rings. The van der Waals surface area contributed by atoms with Gasteiger partial charge in [-0.05, 0) is 42.7 Å². The van der Waals surface area contributed by atoms with Crippen LogP contribution in [0.3, 0.4) is 0 Å². The van der Waals surface area contributed by atoms with Crippen LogP contribution in [0.4, 0.5) is 11.6 Å². The average molecular weight is 476 g/mol. The van der Waals surface area contributed by atoms with E-state index in [9.17, 15) is 4.79 Å². The lowest BCUT2D eigenvalue weighted by molar-refractivity contribution is 0.0600. The second-order valence-electron chi connectivity index (χ2n) is 7.87. The molecule has 1 N–H and O–H groups in total. The summed E-state index contributed by atoms with van der Waals surface area (Å²) in [5.41, 5.74) is 6.67. The molecule has 2 aromatic heterocycles. The summed E-state index contributed by atoms with van der Waals surface area (Å²) in [6.07, 6.45) is 3.45. The van der Waals surface area contributed by atoms with Crippen LogP contribution in [0.5, 0.6) is 5.75 Å². The lowest BCUT2D eigenvalue weighted by Gasteiger charge is -2.18. The summed E-state index contributed by atoms with van der Waals surface area (Å²) in [7, 11) is 4.79. The Kier molecular flexibility index (Phi) is 5.67. The second kappa shape index (κ2) is 8.79. The smallest absolute Gasteiger partial charge is 0.337 e. The van der Waals surface area contributed by atoms with E-state index < -0.39 is 5.97 Å². The minimum atomic E-state index is -0.439. The Hall–Kier alpha value is -3.91. The number of aryl methyl sites for hydroxylation is 3. The number of anilines is 2. The molecule has 2 aromatic carbocycles. The van der Waals surface area contributed by atoms with Crippen LogP contribution < -0.4 is 10.1 Å². The first-order chi connectivity index (χ1) is 16.5. The summed E-state index contributed by atoms with van der Waals surface area (Å²) in [6.45, 7) is 0. The van der Waals surface area contributed by atoms with Crippen molar-refractivity contribution in [3.63, 3.8) is 0 Å². The minimum Gasteiger partial charge on any atom is -0.495 e. The lowest BCUT2D eigenvalue weighted by Crippen LogP contribution is -2.09. The number of esters is 1. The number of hydrogen-bond acceptors (Lipinski definition) is 7. The van der Waals surface area contributed by atoms with Gasteiger partial charge in [0, 0.05) is 29.4 Å².